The topological polar surface area (TPSA) is 59.5 Å². The van der Waals surface area contributed by atoms with Gasteiger partial charge in [-0.3, -0.25) is 4.79 Å². The second kappa shape index (κ2) is 8.80. The number of carbonyl (C=O) groups excluding carboxylic acids is 2. The second-order valence-electron chi connectivity index (χ2n) is 6.59. The van der Waals surface area contributed by atoms with E-state index < -0.39 is 5.97 Å². The third kappa shape index (κ3) is 4.46. The van der Waals surface area contributed by atoms with Crippen molar-refractivity contribution in [3.63, 3.8) is 0 Å². The number of thiazole rings is 1. The summed E-state index contributed by atoms with van der Waals surface area (Å²) < 4.78 is 4.69. The molecule has 0 bridgehead atoms. The van der Waals surface area contributed by atoms with Gasteiger partial charge in [0.05, 0.1) is 13.7 Å². The summed E-state index contributed by atoms with van der Waals surface area (Å²) in [5.74, 6) is -0.536. The van der Waals surface area contributed by atoms with Gasteiger partial charge < -0.3 is 9.64 Å². The summed E-state index contributed by atoms with van der Waals surface area (Å²) >= 11 is 1.35. The van der Waals surface area contributed by atoms with Crippen LogP contribution in [-0.2, 0) is 11.3 Å². The molecule has 0 aliphatic heterocycles. The van der Waals surface area contributed by atoms with Crippen molar-refractivity contribution in [2.24, 2.45) is 0 Å². The number of amides is 1. The Morgan fingerprint density at radius 1 is 1.04 bits per heavy atom. The van der Waals surface area contributed by atoms with Crippen molar-refractivity contribution in [3.05, 3.63) is 76.2 Å². The van der Waals surface area contributed by atoms with Crippen LogP contribution in [0.2, 0.25) is 0 Å². The number of hydrogen-bond acceptors (Lipinski definition) is 5. The molecule has 5 nitrogen and oxygen atoms in total. The SMILES string of the molecule is COC(=O)c1csc(CN(C(=O)c2ccc(-c3ccccc3)cc2)C(C)C)n1. The zero-order valence-corrected chi connectivity index (χ0v) is 16.9. The summed E-state index contributed by atoms with van der Waals surface area (Å²) in [6.07, 6.45) is 0. The summed E-state index contributed by atoms with van der Waals surface area (Å²) in [5.41, 5.74) is 3.07. The quantitative estimate of drug-likeness (QED) is 0.571. The Labute approximate surface area is 168 Å². The number of rotatable bonds is 6. The monoisotopic (exact) mass is 394 g/mol. The highest BCUT2D eigenvalue weighted by atomic mass is 32.1. The zero-order valence-electron chi connectivity index (χ0n) is 16.1. The van der Waals surface area contributed by atoms with Crippen LogP contribution in [0.5, 0.6) is 0 Å². The van der Waals surface area contributed by atoms with Crippen LogP contribution < -0.4 is 0 Å². The number of methoxy groups -OCH3 is 1. The molecule has 0 radical (unpaired) electrons. The molecule has 0 unspecified atom stereocenters. The molecule has 28 heavy (non-hydrogen) atoms. The van der Waals surface area contributed by atoms with E-state index in [0.717, 1.165) is 11.1 Å². The number of nitrogens with zero attached hydrogens (tertiary/aromatic N) is 2. The number of aromatic nitrogens is 1. The first kappa shape index (κ1) is 19.8. The summed E-state index contributed by atoms with van der Waals surface area (Å²) in [6.45, 7) is 4.27. The van der Waals surface area contributed by atoms with Gasteiger partial charge >= 0.3 is 5.97 Å². The Bertz CT molecular complexity index is 949. The first-order valence-electron chi connectivity index (χ1n) is 8.98. The normalized spacial score (nSPS) is 10.7. The highest BCUT2D eigenvalue weighted by molar-refractivity contribution is 7.09. The van der Waals surface area contributed by atoms with Crippen LogP contribution in [0.15, 0.2) is 60.0 Å². The molecular formula is C22H22N2O3S. The van der Waals surface area contributed by atoms with Gasteiger partial charge in [0.15, 0.2) is 5.69 Å². The average molecular weight is 394 g/mol. The molecule has 144 valence electrons. The fourth-order valence-corrected chi connectivity index (χ4v) is 3.58. The van der Waals surface area contributed by atoms with Gasteiger partial charge in [-0.1, -0.05) is 42.5 Å². The second-order valence-corrected chi connectivity index (χ2v) is 7.53. The van der Waals surface area contributed by atoms with Crippen molar-refractivity contribution in [2.75, 3.05) is 7.11 Å². The number of ether oxygens (including phenoxy) is 1. The zero-order chi connectivity index (χ0) is 20.1. The molecule has 3 aromatic rings. The fraction of sp³-hybridized carbons (Fsp3) is 0.227. The van der Waals surface area contributed by atoms with E-state index in [1.165, 1.54) is 18.4 Å². The Balaban J connectivity index is 1.77. The smallest absolute Gasteiger partial charge is 0.357 e. The standard InChI is InChI=1S/C22H22N2O3S/c1-15(2)24(13-20-23-19(14-28-20)22(26)27-3)21(25)18-11-9-17(10-12-18)16-7-5-4-6-8-16/h4-12,14-15H,13H2,1-3H3. The predicted octanol–water partition coefficient (Wildman–Crippen LogP) is 4.65. The average Bonchev–Trinajstić information content (AvgIpc) is 3.20. The van der Waals surface area contributed by atoms with Gasteiger partial charge in [-0.2, -0.15) is 0 Å². The first-order valence-corrected chi connectivity index (χ1v) is 9.86. The van der Waals surface area contributed by atoms with Crippen LogP contribution in [0, 0.1) is 0 Å². The molecule has 0 N–H and O–H groups in total. The molecule has 0 saturated carbocycles. The number of carbonyl (C=O) groups is 2. The Kier molecular flexibility index (Phi) is 6.21. The Morgan fingerprint density at radius 3 is 2.29 bits per heavy atom. The third-order valence-electron chi connectivity index (χ3n) is 4.38. The minimum Gasteiger partial charge on any atom is -0.464 e. The van der Waals surface area contributed by atoms with Crippen LogP contribution >= 0.6 is 11.3 Å². The largest absolute Gasteiger partial charge is 0.464 e. The van der Waals surface area contributed by atoms with Crippen molar-refractivity contribution in [3.8, 4) is 11.1 Å². The molecule has 1 aromatic heterocycles. The fourth-order valence-electron chi connectivity index (χ4n) is 2.82. The highest BCUT2D eigenvalue weighted by Gasteiger charge is 2.21. The van der Waals surface area contributed by atoms with Crippen LogP contribution in [0.25, 0.3) is 11.1 Å². The molecule has 0 spiro atoms. The van der Waals surface area contributed by atoms with Crippen molar-refractivity contribution < 1.29 is 14.3 Å². The molecule has 1 amide bonds. The lowest BCUT2D eigenvalue weighted by atomic mass is 10.0. The van der Waals surface area contributed by atoms with Gasteiger partial charge in [0.1, 0.15) is 5.01 Å². The van der Waals surface area contributed by atoms with Crippen molar-refractivity contribution in [1.82, 2.24) is 9.88 Å². The minimum absolute atomic E-state index is 0.00761. The number of hydrogen-bond donors (Lipinski definition) is 0. The molecule has 2 aromatic carbocycles. The van der Waals surface area contributed by atoms with Crippen LogP contribution in [0.4, 0.5) is 0 Å². The van der Waals surface area contributed by atoms with Gasteiger partial charge in [0, 0.05) is 17.0 Å². The predicted molar refractivity (Wildman–Crippen MR) is 110 cm³/mol. The molecule has 0 aliphatic carbocycles. The van der Waals surface area contributed by atoms with Crippen molar-refractivity contribution in [2.45, 2.75) is 26.4 Å². The highest BCUT2D eigenvalue weighted by Crippen LogP contribution is 2.21. The molecule has 0 saturated heterocycles. The third-order valence-corrected chi connectivity index (χ3v) is 5.21. The maximum atomic E-state index is 13.0. The lowest BCUT2D eigenvalue weighted by Crippen LogP contribution is -2.36. The van der Waals surface area contributed by atoms with E-state index >= 15 is 0 Å². The van der Waals surface area contributed by atoms with Gasteiger partial charge in [-0.05, 0) is 37.1 Å². The number of benzene rings is 2. The van der Waals surface area contributed by atoms with Crippen molar-refractivity contribution in [1.29, 1.82) is 0 Å². The summed E-state index contributed by atoms with van der Waals surface area (Å²) in [6, 6.07) is 17.6. The Morgan fingerprint density at radius 2 is 1.68 bits per heavy atom. The lowest BCUT2D eigenvalue weighted by molar-refractivity contribution is 0.0594. The summed E-state index contributed by atoms with van der Waals surface area (Å²) in [5, 5.41) is 2.35. The molecule has 0 fully saturated rings. The van der Waals surface area contributed by atoms with Crippen molar-refractivity contribution >= 4 is 23.2 Å². The maximum absolute atomic E-state index is 13.0. The number of esters is 1. The van der Waals surface area contributed by atoms with E-state index in [4.69, 9.17) is 4.74 Å². The Hall–Kier alpha value is -2.99. The molecule has 1 heterocycles. The van der Waals surface area contributed by atoms with E-state index in [1.54, 1.807) is 10.3 Å². The maximum Gasteiger partial charge on any atom is 0.357 e. The van der Waals surface area contributed by atoms with Crippen LogP contribution in [0.1, 0.15) is 39.7 Å². The first-order chi connectivity index (χ1) is 13.5. The summed E-state index contributed by atoms with van der Waals surface area (Å²) in [4.78, 5) is 30.7. The van der Waals surface area contributed by atoms with E-state index in [1.807, 2.05) is 68.4 Å². The van der Waals surface area contributed by atoms with Gasteiger partial charge in [-0.25, -0.2) is 9.78 Å². The van der Waals surface area contributed by atoms with Gasteiger partial charge in [0.25, 0.3) is 5.91 Å². The van der Waals surface area contributed by atoms with Crippen LogP contribution in [0.3, 0.4) is 0 Å². The lowest BCUT2D eigenvalue weighted by Gasteiger charge is -2.26. The molecule has 0 atom stereocenters. The van der Waals surface area contributed by atoms with Crippen LogP contribution in [-0.4, -0.2) is 34.9 Å². The van der Waals surface area contributed by atoms with Gasteiger partial charge in [0.2, 0.25) is 0 Å². The van der Waals surface area contributed by atoms with E-state index in [0.29, 0.717) is 17.1 Å². The van der Waals surface area contributed by atoms with E-state index in [-0.39, 0.29) is 17.6 Å². The summed E-state index contributed by atoms with van der Waals surface area (Å²) in [7, 11) is 1.32. The van der Waals surface area contributed by atoms with Gasteiger partial charge in [-0.15, -0.1) is 11.3 Å². The molecular weight excluding hydrogens is 372 g/mol. The van der Waals surface area contributed by atoms with E-state index in [2.05, 4.69) is 4.98 Å². The molecule has 3 rings (SSSR count). The molecule has 0 aliphatic rings. The minimum atomic E-state index is -0.471. The molecule has 6 heteroatoms. The van der Waals surface area contributed by atoms with E-state index in [9.17, 15) is 9.59 Å².